The van der Waals surface area contributed by atoms with Crippen LogP contribution in [-0.2, 0) is 9.22 Å². The van der Waals surface area contributed by atoms with E-state index in [0.717, 1.165) is 41.7 Å². The summed E-state index contributed by atoms with van der Waals surface area (Å²) in [6, 6.07) is 3.40. The summed E-state index contributed by atoms with van der Waals surface area (Å²) in [7, 11) is -1.85. The van der Waals surface area contributed by atoms with E-state index in [9.17, 15) is 4.79 Å². The van der Waals surface area contributed by atoms with Crippen molar-refractivity contribution < 1.29 is 9.22 Å². The van der Waals surface area contributed by atoms with E-state index in [1.807, 2.05) is 13.1 Å². The summed E-state index contributed by atoms with van der Waals surface area (Å²) in [5.41, 5.74) is 0.889. The Bertz CT molecular complexity index is 585. The number of amides is 1. The van der Waals surface area contributed by atoms with E-state index in [1.54, 1.807) is 0 Å². The van der Waals surface area contributed by atoms with Crippen molar-refractivity contribution in [1.29, 1.82) is 0 Å². The lowest BCUT2D eigenvalue weighted by Gasteiger charge is -2.36. The van der Waals surface area contributed by atoms with Crippen LogP contribution in [0.3, 0.4) is 0 Å². The summed E-state index contributed by atoms with van der Waals surface area (Å²) in [5.74, 6) is 0.132. The van der Waals surface area contributed by atoms with Crippen LogP contribution < -0.4 is 16.0 Å². The Hall–Kier alpha value is -0.533. The molecule has 0 radical (unpaired) electrons. The number of halogens is 2. The van der Waals surface area contributed by atoms with Gasteiger partial charge in [0.25, 0.3) is 0 Å². The molecule has 0 aromatic carbocycles. The Balaban J connectivity index is 2.16. The summed E-state index contributed by atoms with van der Waals surface area (Å²) in [5, 5.41) is 11.0. The van der Waals surface area contributed by atoms with Crippen molar-refractivity contribution in [2.24, 2.45) is 0 Å². The third-order valence-corrected chi connectivity index (χ3v) is 11.3. The van der Waals surface area contributed by atoms with E-state index in [-0.39, 0.29) is 24.1 Å². The number of carbonyl (C=O) groups excluding carboxylic acids is 1. The summed E-state index contributed by atoms with van der Waals surface area (Å²) in [6.45, 7) is 10.0. The van der Waals surface area contributed by atoms with Crippen LogP contribution in [0.4, 0.5) is 0 Å². The number of carbonyl (C=O) groups is 1. The van der Waals surface area contributed by atoms with E-state index in [0.29, 0.717) is 18.0 Å². The maximum atomic E-state index is 11.4. The Morgan fingerprint density at radius 3 is 2.52 bits per heavy atom. The van der Waals surface area contributed by atoms with Crippen LogP contribution in [0, 0.1) is 0 Å². The van der Waals surface area contributed by atoms with Crippen LogP contribution in [0.1, 0.15) is 40.5 Å². The molecule has 2 aliphatic rings. The average molecular weight is 434 g/mol. The third-order valence-electron chi connectivity index (χ3n) is 5.81. The molecule has 1 saturated heterocycles. The Labute approximate surface area is 174 Å². The number of hydrogen-bond acceptors (Lipinski definition) is 4. The molecule has 0 saturated carbocycles. The largest absolute Gasteiger partial charge is 0.409 e. The third kappa shape index (κ3) is 5.73. The normalized spacial score (nSPS) is 24.5. The predicted molar refractivity (Wildman–Crippen MR) is 116 cm³/mol. The fraction of sp³-hybridized carbons (Fsp3) is 0.737. The van der Waals surface area contributed by atoms with E-state index in [1.165, 1.54) is 0 Å². The maximum absolute atomic E-state index is 11.4. The van der Waals surface area contributed by atoms with Crippen molar-refractivity contribution in [3.05, 3.63) is 21.8 Å². The van der Waals surface area contributed by atoms with E-state index in [4.69, 9.17) is 27.6 Å². The summed E-state index contributed by atoms with van der Waals surface area (Å²) < 4.78 is 6.79. The molecule has 1 amide bonds. The molecule has 1 fully saturated rings. The summed E-state index contributed by atoms with van der Waals surface area (Å²) in [6.07, 6.45) is 3.11. The highest BCUT2D eigenvalue weighted by Crippen LogP contribution is 2.34. The van der Waals surface area contributed by atoms with Crippen LogP contribution in [-0.4, -0.2) is 45.5 Å². The van der Waals surface area contributed by atoms with Gasteiger partial charge >= 0.3 is 0 Å². The molecule has 27 heavy (non-hydrogen) atoms. The van der Waals surface area contributed by atoms with Crippen molar-refractivity contribution in [2.75, 3.05) is 13.1 Å². The van der Waals surface area contributed by atoms with Crippen molar-refractivity contribution in [2.45, 2.75) is 76.9 Å². The van der Waals surface area contributed by atoms with Crippen molar-refractivity contribution in [1.82, 2.24) is 16.0 Å². The molecular weight excluding hydrogens is 401 g/mol. The minimum absolute atomic E-state index is 0.0188. The zero-order chi connectivity index (χ0) is 20.0. The summed E-state index contributed by atoms with van der Waals surface area (Å²) in [4.78, 5) is 11.4. The second-order valence-electron chi connectivity index (χ2n) is 7.45. The second-order valence-corrected chi connectivity index (χ2v) is 13.0. The van der Waals surface area contributed by atoms with E-state index in [2.05, 4.69) is 36.7 Å². The van der Waals surface area contributed by atoms with Gasteiger partial charge in [-0.15, -0.1) is 0 Å². The molecule has 2 aliphatic heterocycles. The van der Waals surface area contributed by atoms with Crippen molar-refractivity contribution in [3.8, 4) is 0 Å². The molecule has 0 aliphatic carbocycles. The molecule has 0 aromatic rings. The first-order valence-electron chi connectivity index (χ1n) is 10.0. The van der Waals surface area contributed by atoms with Crippen LogP contribution in [0.5, 0.6) is 0 Å². The minimum Gasteiger partial charge on any atom is -0.409 e. The first-order valence-corrected chi connectivity index (χ1v) is 13.3. The SMILES string of the molecule is CC[Si](CC)(CC)OC(CNC[C@@H]1CCC(=O)N1)C1=C(Cl)C(C)NC=C1Cl. The molecule has 2 unspecified atom stereocenters. The van der Waals surface area contributed by atoms with Gasteiger partial charge in [0.1, 0.15) is 0 Å². The Morgan fingerprint density at radius 1 is 1.30 bits per heavy atom. The van der Waals surface area contributed by atoms with Gasteiger partial charge in [0.05, 0.1) is 17.2 Å². The smallest absolute Gasteiger partial charge is 0.220 e. The number of hydrogen-bond donors (Lipinski definition) is 3. The molecular formula is C19H33Cl2N3O2Si. The monoisotopic (exact) mass is 433 g/mol. The Kier molecular flexibility index (Phi) is 8.68. The topological polar surface area (TPSA) is 62.4 Å². The molecule has 3 atom stereocenters. The molecule has 2 heterocycles. The zero-order valence-corrected chi connectivity index (χ0v) is 19.3. The highest BCUT2D eigenvalue weighted by atomic mass is 35.5. The van der Waals surface area contributed by atoms with Gasteiger partial charge in [-0.3, -0.25) is 4.79 Å². The molecule has 0 bridgehead atoms. The van der Waals surface area contributed by atoms with Gasteiger partial charge < -0.3 is 20.4 Å². The van der Waals surface area contributed by atoms with Gasteiger partial charge in [0.2, 0.25) is 5.91 Å². The van der Waals surface area contributed by atoms with Gasteiger partial charge in [-0.05, 0) is 31.5 Å². The van der Waals surface area contributed by atoms with Gasteiger partial charge in [-0.1, -0.05) is 44.0 Å². The van der Waals surface area contributed by atoms with Crippen LogP contribution in [0.15, 0.2) is 21.8 Å². The number of rotatable bonds is 10. The maximum Gasteiger partial charge on any atom is 0.220 e. The highest BCUT2D eigenvalue weighted by molar-refractivity contribution is 6.73. The van der Waals surface area contributed by atoms with Gasteiger partial charge in [0, 0.05) is 42.4 Å². The summed E-state index contributed by atoms with van der Waals surface area (Å²) >= 11 is 13.2. The minimum atomic E-state index is -1.85. The highest BCUT2D eigenvalue weighted by Gasteiger charge is 2.36. The van der Waals surface area contributed by atoms with Crippen LogP contribution in [0.25, 0.3) is 0 Å². The van der Waals surface area contributed by atoms with Gasteiger partial charge in [-0.25, -0.2) is 0 Å². The quantitative estimate of drug-likeness (QED) is 0.458. The van der Waals surface area contributed by atoms with Gasteiger partial charge in [-0.2, -0.15) is 0 Å². The molecule has 0 aromatic heterocycles. The average Bonchev–Trinajstić information content (AvgIpc) is 3.08. The van der Waals surface area contributed by atoms with Crippen LogP contribution in [0.2, 0.25) is 18.1 Å². The molecule has 8 heteroatoms. The lowest BCUT2D eigenvalue weighted by atomic mass is 10.0. The molecule has 5 nitrogen and oxygen atoms in total. The molecule has 154 valence electrons. The van der Waals surface area contributed by atoms with E-state index < -0.39 is 8.32 Å². The lowest BCUT2D eigenvalue weighted by Crippen LogP contribution is -2.47. The lowest BCUT2D eigenvalue weighted by molar-refractivity contribution is -0.119. The molecule has 0 spiro atoms. The van der Waals surface area contributed by atoms with Crippen molar-refractivity contribution in [3.63, 3.8) is 0 Å². The second kappa shape index (κ2) is 10.3. The first-order chi connectivity index (χ1) is 12.9. The molecule has 3 N–H and O–H groups in total. The number of nitrogens with one attached hydrogen (secondary N) is 3. The number of dihydropyridines is 1. The van der Waals surface area contributed by atoms with Crippen LogP contribution >= 0.6 is 23.2 Å². The van der Waals surface area contributed by atoms with Crippen molar-refractivity contribution >= 4 is 37.4 Å². The zero-order valence-electron chi connectivity index (χ0n) is 16.8. The first kappa shape index (κ1) is 22.8. The Morgan fingerprint density at radius 2 is 1.96 bits per heavy atom. The fourth-order valence-electron chi connectivity index (χ4n) is 3.73. The van der Waals surface area contributed by atoms with Gasteiger partial charge in [0.15, 0.2) is 8.32 Å². The fourth-order valence-corrected chi connectivity index (χ4v) is 7.15. The van der Waals surface area contributed by atoms with E-state index >= 15 is 0 Å². The standard InChI is InChI=1S/C19H33Cl2N3O2Si/c1-5-27(6-2,7-3)26-16(12-22-10-14-8-9-17(25)24-14)18-15(20)11-23-13(4)19(18)21/h11,13-14,16,22-23H,5-10,12H2,1-4H3,(H,24,25)/t13?,14-,16?/m0/s1. The molecule has 2 rings (SSSR count). The predicted octanol–water partition coefficient (Wildman–Crippen LogP) is 3.81.